The first-order valence-electron chi connectivity index (χ1n) is 5.73. The van der Waals surface area contributed by atoms with E-state index in [1.807, 2.05) is 25.1 Å². The quantitative estimate of drug-likeness (QED) is 0.866. The van der Waals surface area contributed by atoms with Gasteiger partial charge in [0.05, 0.1) is 5.54 Å². The van der Waals surface area contributed by atoms with Gasteiger partial charge >= 0.3 is 0 Å². The highest BCUT2D eigenvalue weighted by Crippen LogP contribution is 2.29. The molecule has 3 nitrogen and oxygen atoms in total. The van der Waals surface area contributed by atoms with E-state index < -0.39 is 5.54 Å². The molecule has 0 saturated heterocycles. The van der Waals surface area contributed by atoms with Gasteiger partial charge in [0, 0.05) is 6.54 Å². The number of hydrogen-bond donors (Lipinski definition) is 2. The summed E-state index contributed by atoms with van der Waals surface area (Å²) in [6.07, 6.45) is 2.69. The van der Waals surface area contributed by atoms with E-state index in [1.54, 1.807) is 0 Å². The van der Waals surface area contributed by atoms with Gasteiger partial charge in [-0.05, 0) is 31.7 Å². The minimum absolute atomic E-state index is 0. The third-order valence-corrected chi connectivity index (χ3v) is 3.23. The van der Waals surface area contributed by atoms with Gasteiger partial charge in [-0.25, -0.2) is 0 Å². The average molecular weight is 255 g/mol. The van der Waals surface area contributed by atoms with E-state index in [0.717, 1.165) is 24.8 Å². The summed E-state index contributed by atoms with van der Waals surface area (Å²) >= 11 is 0. The van der Waals surface area contributed by atoms with Gasteiger partial charge in [0.2, 0.25) is 5.91 Å². The van der Waals surface area contributed by atoms with Crippen LogP contribution in [-0.4, -0.2) is 11.4 Å². The lowest BCUT2D eigenvalue weighted by atomic mass is 9.77. The van der Waals surface area contributed by atoms with E-state index in [9.17, 15) is 4.79 Å². The number of carbonyl (C=O) groups is 1. The molecule has 1 saturated carbocycles. The molecule has 1 aromatic carbocycles. The summed E-state index contributed by atoms with van der Waals surface area (Å²) in [5, 5.41) is 2.90. The third-order valence-electron chi connectivity index (χ3n) is 3.23. The van der Waals surface area contributed by atoms with Crippen LogP contribution < -0.4 is 11.1 Å². The number of rotatable bonds is 3. The molecule has 1 aliphatic carbocycles. The van der Waals surface area contributed by atoms with Gasteiger partial charge in [-0.3, -0.25) is 4.79 Å². The molecule has 94 valence electrons. The van der Waals surface area contributed by atoms with Crippen LogP contribution in [0.4, 0.5) is 0 Å². The van der Waals surface area contributed by atoms with Crippen LogP contribution in [-0.2, 0) is 11.3 Å². The molecule has 4 heteroatoms. The number of hydrogen-bond acceptors (Lipinski definition) is 2. The van der Waals surface area contributed by atoms with Crippen LogP contribution in [0, 0.1) is 6.92 Å². The Bertz CT molecular complexity index is 402. The maximum Gasteiger partial charge on any atom is 0.240 e. The standard InChI is InChI=1S/C13H18N2O.ClH/c1-10-4-2-5-11(8-10)9-15-12(16)13(14)6-3-7-13;/h2,4-5,8H,3,6-7,9,14H2,1H3,(H,15,16);1H. The number of aryl methyl sites for hydroxylation is 1. The van der Waals surface area contributed by atoms with Gasteiger partial charge in [-0.1, -0.05) is 29.8 Å². The highest BCUT2D eigenvalue weighted by Gasteiger charge is 2.39. The Labute approximate surface area is 108 Å². The van der Waals surface area contributed by atoms with E-state index in [2.05, 4.69) is 11.4 Å². The highest BCUT2D eigenvalue weighted by molar-refractivity contribution is 5.87. The van der Waals surface area contributed by atoms with E-state index in [0.29, 0.717) is 6.54 Å². The minimum atomic E-state index is -0.593. The predicted molar refractivity (Wildman–Crippen MR) is 71.0 cm³/mol. The van der Waals surface area contributed by atoms with Crippen LogP contribution in [0.15, 0.2) is 24.3 Å². The largest absolute Gasteiger partial charge is 0.350 e. The lowest BCUT2D eigenvalue weighted by Crippen LogP contribution is -2.58. The molecule has 0 radical (unpaired) electrons. The first-order chi connectivity index (χ1) is 7.60. The van der Waals surface area contributed by atoms with E-state index in [1.165, 1.54) is 5.56 Å². The second-order valence-electron chi connectivity index (χ2n) is 4.68. The topological polar surface area (TPSA) is 55.1 Å². The molecule has 1 amide bonds. The maximum atomic E-state index is 11.8. The van der Waals surface area contributed by atoms with E-state index in [-0.39, 0.29) is 18.3 Å². The smallest absolute Gasteiger partial charge is 0.240 e. The molecule has 2 rings (SSSR count). The van der Waals surface area contributed by atoms with Crippen molar-refractivity contribution >= 4 is 18.3 Å². The summed E-state index contributed by atoms with van der Waals surface area (Å²) in [6, 6.07) is 8.13. The third kappa shape index (κ3) is 3.20. The molecule has 1 aliphatic rings. The second-order valence-corrected chi connectivity index (χ2v) is 4.68. The number of amides is 1. The summed E-state index contributed by atoms with van der Waals surface area (Å²) in [7, 11) is 0. The van der Waals surface area contributed by atoms with Crippen LogP contribution in [0.25, 0.3) is 0 Å². The molecule has 0 heterocycles. The van der Waals surface area contributed by atoms with Gasteiger partial charge in [0.15, 0.2) is 0 Å². The van der Waals surface area contributed by atoms with Crippen LogP contribution in [0.3, 0.4) is 0 Å². The molecule has 17 heavy (non-hydrogen) atoms. The zero-order valence-electron chi connectivity index (χ0n) is 10.0. The first kappa shape index (κ1) is 14.0. The monoisotopic (exact) mass is 254 g/mol. The van der Waals surface area contributed by atoms with E-state index >= 15 is 0 Å². The van der Waals surface area contributed by atoms with Gasteiger partial charge in [0.1, 0.15) is 0 Å². The van der Waals surface area contributed by atoms with Crippen molar-refractivity contribution in [2.75, 3.05) is 0 Å². The lowest BCUT2D eigenvalue weighted by molar-refractivity contribution is -0.129. The summed E-state index contributed by atoms with van der Waals surface area (Å²) in [5.74, 6) is -0.0137. The summed E-state index contributed by atoms with van der Waals surface area (Å²) < 4.78 is 0. The number of halogens is 1. The van der Waals surface area contributed by atoms with Gasteiger partial charge in [0.25, 0.3) is 0 Å². The Kier molecular flexibility index (Phi) is 4.54. The molecule has 0 bridgehead atoms. The Balaban J connectivity index is 0.00000144. The van der Waals surface area contributed by atoms with Crippen molar-refractivity contribution in [2.24, 2.45) is 5.73 Å². The van der Waals surface area contributed by atoms with E-state index in [4.69, 9.17) is 5.73 Å². The molecule has 3 N–H and O–H groups in total. The van der Waals surface area contributed by atoms with Crippen LogP contribution >= 0.6 is 12.4 Å². The Morgan fingerprint density at radius 3 is 2.71 bits per heavy atom. The summed E-state index contributed by atoms with van der Waals surface area (Å²) in [4.78, 5) is 11.8. The Morgan fingerprint density at radius 1 is 1.47 bits per heavy atom. The van der Waals surface area contributed by atoms with Gasteiger partial charge in [-0.2, -0.15) is 0 Å². The van der Waals surface area contributed by atoms with Gasteiger partial charge < -0.3 is 11.1 Å². The summed E-state index contributed by atoms with van der Waals surface area (Å²) in [6.45, 7) is 2.61. The molecule has 1 aromatic rings. The molecule has 0 spiro atoms. The summed E-state index contributed by atoms with van der Waals surface area (Å²) in [5.41, 5.74) is 7.66. The first-order valence-corrected chi connectivity index (χ1v) is 5.73. The fourth-order valence-electron chi connectivity index (χ4n) is 1.97. The van der Waals surface area contributed by atoms with Crippen molar-refractivity contribution < 1.29 is 4.79 Å². The number of benzene rings is 1. The van der Waals surface area contributed by atoms with Crippen molar-refractivity contribution in [1.82, 2.24) is 5.32 Å². The lowest BCUT2D eigenvalue weighted by Gasteiger charge is -2.36. The SMILES string of the molecule is Cc1cccc(CNC(=O)C2(N)CCC2)c1.Cl. The minimum Gasteiger partial charge on any atom is -0.350 e. The Hall–Kier alpha value is -1.06. The molecule has 1 fully saturated rings. The van der Waals surface area contributed by atoms with Gasteiger partial charge in [-0.15, -0.1) is 12.4 Å². The number of nitrogens with one attached hydrogen (secondary N) is 1. The normalized spacial score (nSPS) is 16.6. The maximum absolute atomic E-state index is 11.8. The molecule has 0 aromatic heterocycles. The second kappa shape index (κ2) is 5.52. The molecule has 0 aliphatic heterocycles. The van der Waals surface area contributed by atoms with Crippen LogP contribution in [0.1, 0.15) is 30.4 Å². The van der Waals surface area contributed by atoms with Crippen molar-refractivity contribution in [3.63, 3.8) is 0 Å². The Morgan fingerprint density at radius 2 is 2.18 bits per heavy atom. The molecule has 0 unspecified atom stereocenters. The van der Waals surface area contributed by atoms with Crippen LogP contribution in [0.5, 0.6) is 0 Å². The zero-order valence-corrected chi connectivity index (χ0v) is 10.8. The zero-order chi connectivity index (χ0) is 11.6. The van der Waals surface area contributed by atoms with Crippen molar-refractivity contribution in [3.05, 3.63) is 35.4 Å². The van der Waals surface area contributed by atoms with Crippen molar-refractivity contribution in [2.45, 2.75) is 38.3 Å². The highest BCUT2D eigenvalue weighted by atomic mass is 35.5. The number of nitrogens with two attached hydrogens (primary N) is 1. The predicted octanol–water partition coefficient (Wildman–Crippen LogP) is 1.91. The number of carbonyl (C=O) groups excluding carboxylic acids is 1. The fourth-order valence-corrected chi connectivity index (χ4v) is 1.97. The van der Waals surface area contributed by atoms with Crippen molar-refractivity contribution in [3.8, 4) is 0 Å². The molecular formula is C13H19ClN2O. The molecular weight excluding hydrogens is 236 g/mol. The average Bonchev–Trinajstić information content (AvgIpc) is 2.22. The fraction of sp³-hybridized carbons (Fsp3) is 0.462. The van der Waals surface area contributed by atoms with Crippen molar-refractivity contribution in [1.29, 1.82) is 0 Å². The van der Waals surface area contributed by atoms with Crippen LogP contribution in [0.2, 0.25) is 0 Å². The molecule has 0 atom stereocenters.